The van der Waals surface area contributed by atoms with Gasteiger partial charge in [0.15, 0.2) is 5.76 Å². The van der Waals surface area contributed by atoms with Crippen LogP contribution in [0.25, 0.3) is 22.2 Å². The van der Waals surface area contributed by atoms with Crippen LogP contribution in [0.3, 0.4) is 0 Å². The van der Waals surface area contributed by atoms with E-state index in [2.05, 4.69) is 15.5 Å². The fourth-order valence-electron chi connectivity index (χ4n) is 2.66. The van der Waals surface area contributed by atoms with E-state index in [0.717, 1.165) is 10.9 Å². The molecule has 0 fully saturated rings. The summed E-state index contributed by atoms with van der Waals surface area (Å²) >= 11 is 0. The number of pyridine rings is 1. The van der Waals surface area contributed by atoms with E-state index in [1.54, 1.807) is 43.6 Å². The van der Waals surface area contributed by atoms with E-state index in [4.69, 9.17) is 9.26 Å². The SMILES string of the molecule is COc1ccc(NC(=O)c2ccc3noc(-c4ccccc4)c3c2)cn1. The smallest absolute Gasteiger partial charge is 0.255 e. The van der Waals surface area contributed by atoms with Crippen molar-refractivity contribution in [2.75, 3.05) is 12.4 Å². The van der Waals surface area contributed by atoms with E-state index in [9.17, 15) is 4.79 Å². The normalized spacial score (nSPS) is 10.7. The van der Waals surface area contributed by atoms with E-state index in [1.807, 2.05) is 30.3 Å². The fraction of sp³-hybridized carbons (Fsp3) is 0.0500. The molecule has 1 N–H and O–H groups in total. The molecule has 0 aliphatic carbocycles. The first kappa shape index (κ1) is 15.8. The molecule has 6 heteroatoms. The molecule has 0 aliphatic rings. The van der Waals surface area contributed by atoms with Crippen molar-refractivity contribution in [2.24, 2.45) is 0 Å². The number of fused-ring (bicyclic) bond motifs is 1. The van der Waals surface area contributed by atoms with Crippen molar-refractivity contribution >= 4 is 22.5 Å². The summed E-state index contributed by atoms with van der Waals surface area (Å²) in [7, 11) is 1.54. The van der Waals surface area contributed by atoms with Crippen molar-refractivity contribution in [2.45, 2.75) is 0 Å². The van der Waals surface area contributed by atoms with Crippen LogP contribution in [0.2, 0.25) is 0 Å². The molecule has 4 rings (SSSR count). The van der Waals surface area contributed by atoms with Gasteiger partial charge in [-0.25, -0.2) is 4.98 Å². The van der Waals surface area contributed by atoms with Gasteiger partial charge in [-0.05, 0) is 24.3 Å². The summed E-state index contributed by atoms with van der Waals surface area (Å²) in [5, 5.41) is 7.67. The summed E-state index contributed by atoms with van der Waals surface area (Å²) in [5.41, 5.74) is 2.71. The van der Waals surface area contributed by atoms with Gasteiger partial charge in [0.1, 0.15) is 5.52 Å². The Bertz CT molecular complexity index is 1060. The zero-order valence-corrected chi connectivity index (χ0v) is 14.0. The molecule has 2 heterocycles. The van der Waals surface area contributed by atoms with Crippen LogP contribution in [0.1, 0.15) is 10.4 Å². The number of anilines is 1. The predicted molar refractivity (Wildman–Crippen MR) is 98.2 cm³/mol. The Labute approximate surface area is 149 Å². The number of aromatic nitrogens is 2. The molecule has 128 valence electrons. The van der Waals surface area contributed by atoms with Gasteiger partial charge >= 0.3 is 0 Å². The molecule has 4 aromatic rings. The molecule has 0 saturated carbocycles. The Hall–Kier alpha value is -3.67. The highest BCUT2D eigenvalue weighted by Crippen LogP contribution is 2.29. The van der Waals surface area contributed by atoms with E-state index < -0.39 is 0 Å². The van der Waals surface area contributed by atoms with Crippen molar-refractivity contribution in [3.05, 3.63) is 72.4 Å². The van der Waals surface area contributed by atoms with Gasteiger partial charge in [0, 0.05) is 17.2 Å². The second-order valence-electron chi connectivity index (χ2n) is 5.65. The average molecular weight is 345 g/mol. The maximum absolute atomic E-state index is 12.6. The molecule has 0 radical (unpaired) electrons. The fourth-order valence-corrected chi connectivity index (χ4v) is 2.66. The van der Waals surface area contributed by atoms with Crippen LogP contribution >= 0.6 is 0 Å². The van der Waals surface area contributed by atoms with Gasteiger partial charge < -0.3 is 14.6 Å². The van der Waals surface area contributed by atoms with Crippen molar-refractivity contribution in [1.29, 1.82) is 0 Å². The minimum absolute atomic E-state index is 0.237. The molecular formula is C20H15N3O3. The topological polar surface area (TPSA) is 77.2 Å². The third-order valence-electron chi connectivity index (χ3n) is 3.98. The van der Waals surface area contributed by atoms with Crippen LogP contribution in [0.4, 0.5) is 5.69 Å². The van der Waals surface area contributed by atoms with Gasteiger partial charge in [-0.1, -0.05) is 35.5 Å². The standard InChI is InChI=1S/C20H15N3O3/c1-25-18-10-8-15(12-21-18)22-20(24)14-7-9-17-16(11-14)19(26-23-17)13-5-3-2-4-6-13/h2-12H,1H3,(H,22,24). The number of nitrogens with one attached hydrogen (secondary N) is 1. The van der Waals surface area contributed by atoms with Crippen molar-refractivity contribution in [3.8, 4) is 17.2 Å². The van der Waals surface area contributed by atoms with Crippen LogP contribution in [0, 0.1) is 0 Å². The molecule has 0 unspecified atom stereocenters. The molecule has 26 heavy (non-hydrogen) atoms. The number of amides is 1. The number of carbonyl (C=O) groups is 1. The number of ether oxygens (including phenoxy) is 1. The largest absolute Gasteiger partial charge is 0.481 e. The molecule has 0 saturated heterocycles. The Morgan fingerprint density at radius 1 is 1.08 bits per heavy atom. The zero-order chi connectivity index (χ0) is 17.9. The number of hydrogen-bond donors (Lipinski definition) is 1. The van der Waals surface area contributed by atoms with Crippen LogP contribution in [-0.4, -0.2) is 23.2 Å². The van der Waals surface area contributed by atoms with Gasteiger partial charge in [0.2, 0.25) is 5.88 Å². The molecule has 0 spiro atoms. The van der Waals surface area contributed by atoms with E-state index in [0.29, 0.717) is 28.4 Å². The quantitative estimate of drug-likeness (QED) is 0.601. The molecular weight excluding hydrogens is 330 g/mol. The van der Waals surface area contributed by atoms with Crippen molar-refractivity contribution in [1.82, 2.24) is 10.1 Å². The molecule has 0 atom stereocenters. The van der Waals surface area contributed by atoms with E-state index in [1.165, 1.54) is 0 Å². The molecule has 6 nitrogen and oxygen atoms in total. The minimum atomic E-state index is -0.237. The number of methoxy groups -OCH3 is 1. The van der Waals surface area contributed by atoms with Gasteiger partial charge in [0.25, 0.3) is 5.91 Å². The van der Waals surface area contributed by atoms with E-state index >= 15 is 0 Å². The minimum Gasteiger partial charge on any atom is -0.481 e. The van der Waals surface area contributed by atoms with Crippen LogP contribution in [0.15, 0.2) is 71.4 Å². The lowest BCUT2D eigenvalue weighted by molar-refractivity contribution is 0.102. The molecule has 1 amide bonds. The Balaban J connectivity index is 1.64. The highest BCUT2D eigenvalue weighted by Gasteiger charge is 2.14. The van der Waals surface area contributed by atoms with Crippen molar-refractivity contribution in [3.63, 3.8) is 0 Å². The number of nitrogens with zero attached hydrogens (tertiary/aromatic N) is 2. The van der Waals surface area contributed by atoms with Crippen LogP contribution < -0.4 is 10.1 Å². The van der Waals surface area contributed by atoms with Gasteiger partial charge in [-0.3, -0.25) is 4.79 Å². The summed E-state index contributed by atoms with van der Waals surface area (Å²) in [6.45, 7) is 0. The van der Waals surface area contributed by atoms with Crippen molar-refractivity contribution < 1.29 is 14.1 Å². The molecule has 0 bridgehead atoms. The lowest BCUT2D eigenvalue weighted by Crippen LogP contribution is -2.11. The van der Waals surface area contributed by atoms with E-state index in [-0.39, 0.29) is 5.91 Å². The maximum atomic E-state index is 12.6. The highest BCUT2D eigenvalue weighted by molar-refractivity contribution is 6.07. The van der Waals surface area contributed by atoms with Crippen LogP contribution in [-0.2, 0) is 0 Å². The highest BCUT2D eigenvalue weighted by atomic mass is 16.5. The summed E-state index contributed by atoms with van der Waals surface area (Å²) in [5.74, 6) is 0.891. The van der Waals surface area contributed by atoms with Gasteiger partial charge in [0.05, 0.1) is 24.4 Å². The first-order chi connectivity index (χ1) is 12.7. The first-order valence-corrected chi connectivity index (χ1v) is 8.01. The maximum Gasteiger partial charge on any atom is 0.255 e. The lowest BCUT2D eigenvalue weighted by atomic mass is 10.1. The zero-order valence-electron chi connectivity index (χ0n) is 14.0. The van der Waals surface area contributed by atoms with Gasteiger partial charge in [-0.2, -0.15) is 0 Å². The molecule has 0 aliphatic heterocycles. The number of benzene rings is 2. The summed E-state index contributed by atoms with van der Waals surface area (Å²) < 4.78 is 10.5. The number of carbonyl (C=O) groups excluding carboxylic acids is 1. The Kier molecular flexibility index (Phi) is 4.07. The summed E-state index contributed by atoms with van der Waals surface area (Å²) in [6, 6.07) is 18.4. The number of hydrogen-bond acceptors (Lipinski definition) is 5. The molecule has 2 aromatic carbocycles. The third-order valence-corrected chi connectivity index (χ3v) is 3.98. The van der Waals surface area contributed by atoms with Gasteiger partial charge in [-0.15, -0.1) is 0 Å². The summed E-state index contributed by atoms with van der Waals surface area (Å²) in [4.78, 5) is 16.6. The second kappa shape index (κ2) is 6.68. The second-order valence-corrected chi connectivity index (χ2v) is 5.65. The Morgan fingerprint density at radius 2 is 1.92 bits per heavy atom. The average Bonchev–Trinajstić information content (AvgIpc) is 3.12. The summed E-state index contributed by atoms with van der Waals surface area (Å²) in [6.07, 6.45) is 1.55. The predicted octanol–water partition coefficient (Wildman–Crippen LogP) is 4.15. The first-order valence-electron chi connectivity index (χ1n) is 8.01. The lowest BCUT2D eigenvalue weighted by Gasteiger charge is -2.06. The van der Waals surface area contributed by atoms with Crippen LogP contribution in [0.5, 0.6) is 5.88 Å². The Morgan fingerprint density at radius 3 is 2.65 bits per heavy atom. The number of rotatable bonds is 4. The third kappa shape index (κ3) is 3.00. The molecule has 2 aromatic heterocycles. The monoisotopic (exact) mass is 345 g/mol.